The molecule has 1 aliphatic rings. The average molecular weight is 349 g/mol. The molecule has 24 heavy (non-hydrogen) atoms. The van der Waals surface area contributed by atoms with Gasteiger partial charge in [-0.05, 0) is 50.2 Å². The van der Waals surface area contributed by atoms with E-state index < -0.39 is 5.97 Å². The highest BCUT2D eigenvalue weighted by atomic mass is 32.1. The summed E-state index contributed by atoms with van der Waals surface area (Å²) in [6.45, 7) is 2.08. The molecule has 0 saturated carbocycles. The van der Waals surface area contributed by atoms with Crippen LogP contribution in [-0.4, -0.2) is 41.0 Å². The molecule has 0 spiro atoms. The third kappa shape index (κ3) is 4.65. The highest BCUT2D eigenvalue weighted by Crippen LogP contribution is 2.28. The smallest absolute Gasteiger partial charge is 0.341 e. The van der Waals surface area contributed by atoms with E-state index in [0.717, 1.165) is 35.9 Å². The number of hydrogen-bond acceptors (Lipinski definition) is 7. The second-order valence-electron chi connectivity index (χ2n) is 5.50. The second kappa shape index (κ2) is 8.07. The fourth-order valence-corrected chi connectivity index (χ4v) is 3.41. The average Bonchev–Trinajstić information content (AvgIpc) is 3.09. The second-order valence-corrected chi connectivity index (χ2v) is 6.59. The van der Waals surface area contributed by atoms with Crippen LogP contribution in [0, 0.1) is 0 Å². The van der Waals surface area contributed by atoms with Crippen molar-refractivity contribution in [1.29, 1.82) is 0 Å². The number of ether oxygens (including phenoxy) is 2. The van der Waals surface area contributed by atoms with Gasteiger partial charge in [-0.3, -0.25) is 0 Å². The van der Waals surface area contributed by atoms with Crippen LogP contribution in [0.3, 0.4) is 0 Å². The summed E-state index contributed by atoms with van der Waals surface area (Å²) in [4.78, 5) is 10.5. The van der Waals surface area contributed by atoms with E-state index in [1.165, 1.54) is 0 Å². The number of aliphatic carboxylic acids is 1. The molecule has 0 radical (unpaired) electrons. The Morgan fingerprint density at radius 1 is 1.17 bits per heavy atom. The van der Waals surface area contributed by atoms with Crippen molar-refractivity contribution in [2.75, 3.05) is 19.7 Å². The van der Waals surface area contributed by atoms with Crippen LogP contribution in [0.4, 0.5) is 0 Å². The molecule has 0 amide bonds. The summed E-state index contributed by atoms with van der Waals surface area (Å²) < 4.78 is 10.8. The van der Waals surface area contributed by atoms with E-state index in [2.05, 4.69) is 15.5 Å². The number of hydrogen-bond donors (Lipinski definition) is 2. The number of piperidine rings is 1. The summed E-state index contributed by atoms with van der Waals surface area (Å²) in [6, 6.07) is 6.84. The van der Waals surface area contributed by atoms with Gasteiger partial charge in [0.2, 0.25) is 0 Å². The number of rotatable bonds is 7. The molecule has 0 aliphatic carbocycles. The Hall–Kier alpha value is -2.19. The number of carbonyl (C=O) groups is 1. The number of carboxylic acid groups (broad SMARTS) is 1. The number of nitrogens with one attached hydrogen (secondary N) is 1. The van der Waals surface area contributed by atoms with Crippen LogP contribution in [0.25, 0.3) is 0 Å². The molecule has 128 valence electrons. The molecule has 3 rings (SSSR count). The predicted octanol–water partition coefficient (Wildman–Crippen LogP) is 2.05. The van der Waals surface area contributed by atoms with Crippen molar-refractivity contribution in [3.05, 3.63) is 34.3 Å². The van der Waals surface area contributed by atoms with E-state index >= 15 is 0 Å². The fraction of sp³-hybridized carbons (Fsp3) is 0.438. The molecule has 1 aromatic carbocycles. The first kappa shape index (κ1) is 16.7. The molecule has 0 atom stereocenters. The first-order chi connectivity index (χ1) is 11.7. The van der Waals surface area contributed by atoms with Crippen molar-refractivity contribution in [3.8, 4) is 11.5 Å². The Morgan fingerprint density at radius 2 is 1.83 bits per heavy atom. The fourth-order valence-electron chi connectivity index (χ4n) is 2.48. The Labute approximate surface area is 143 Å². The summed E-state index contributed by atoms with van der Waals surface area (Å²) in [5, 5.41) is 22.4. The first-order valence-corrected chi connectivity index (χ1v) is 8.63. The van der Waals surface area contributed by atoms with Gasteiger partial charge in [-0.25, -0.2) is 4.79 Å². The van der Waals surface area contributed by atoms with E-state index in [4.69, 9.17) is 14.6 Å². The van der Waals surface area contributed by atoms with Crippen LogP contribution in [0.1, 0.15) is 28.8 Å². The summed E-state index contributed by atoms with van der Waals surface area (Å²) in [7, 11) is 0. The van der Waals surface area contributed by atoms with Crippen LogP contribution in [0.15, 0.2) is 24.3 Å². The molecule has 1 aromatic heterocycles. The van der Waals surface area contributed by atoms with Crippen LogP contribution in [-0.2, 0) is 11.4 Å². The lowest BCUT2D eigenvalue weighted by Gasteiger charge is -2.19. The molecule has 2 heterocycles. The molecular weight excluding hydrogens is 330 g/mol. The third-order valence-electron chi connectivity index (χ3n) is 3.72. The van der Waals surface area contributed by atoms with Crippen LogP contribution in [0.2, 0.25) is 0 Å². The third-order valence-corrected chi connectivity index (χ3v) is 4.78. The monoisotopic (exact) mass is 349 g/mol. The summed E-state index contributed by atoms with van der Waals surface area (Å²) in [6.07, 6.45) is 2.21. The van der Waals surface area contributed by atoms with Gasteiger partial charge in [0, 0.05) is 5.92 Å². The van der Waals surface area contributed by atoms with Crippen molar-refractivity contribution in [1.82, 2.24) is 15.5 Å². The van der Waals surface area contributed by atoms with Gasteiger partial charge in [-0.1, -0.05) is 11.3 Å². The zero-order chi connectivity index (χ0) is 16.8. The van der Waals surface area contributed by atoms with Gasteiger partial charge in [0.1, 0.15) is 23.1 Å². The Morgan fingerprint density at radius 3 is 2.50 bits per heavy atom. The van der Waals surface area contributed by atoms with E-state index in [1.54, 1.807) is 35.6 Å². The normalized spacial score (nSPS) is 15.2. The minimum Gasteiger partial charge on any atom is -0.486 e. The molecule has 0 bridgehead atoms. The van der Waals surface area contributed by atoms with E-state index in [-0.39, 0.29) is 6.61 Å². The Kier molecular flexibility index (Phi) is 5.60. The number of nitrogens with zero attached hydrogens (tertiary/aromatic N) is 2. The molecular formula is C16H19N3O4S. The molecule has 1 saturated heterocycles. The highest BCUT2D eigenvalue weighted by Gasteiger charge is 2.19. The van der Waals surface area contributed by atoms with E-state index in [1.807, 2.05) is 0 Å². The highest BCUT2D eigenvalue weighted by molar-refractivity contribution is 7.11. The molecule has 2 N–H and O–H groups in total. The topological polar surface area (TPSA) is 93.6 Å². The van der Waals surface area contributed by atoms with Gasteiger partial charge in [-0.2, -0.15) is 0 Å². The van der Waals surface area contributed by atoms with Gasteiger partial charge in [-0.15, -0.1) is 10.2 Å². The molecule has 8 heteroatoms. The van der Waals surface area contributed by atoms with Crippen molar-refractivity contribution in [2.45, 2.75) is 25.4 Å². The molecule has 2 aromatic rings. The van der Waals surface area contributed by atoms with Crippen molar-refractivity contribution in [2.24, 2.45) is 0 Å². The largest absolute Gasteiger partial charge is 0.486 e. The van der Waals surface area contributed by atoms with Crippen LogP contribution >= 0.6 is 11.3 Å². The van der Waals surface area contributed by atoms with Gasteiger partial charge in [0.15, 0.2) is 11.6 Å². The molecule has 1 fully saturated rings. The number of carboxylic acids is 1. The Balaban J connectivity index is 1.50. The summed E-state index contributed by atoms with van der Waals surface area (Å²) >= 11 is 1.61. The standard InChI is InChI=1S/C16H19N3O4S/c20-15(21)10-23-13-3-1-12(2-4-13)22-9-14-18-19-16(24-14)11-5-7-17-8-6-11/h1-4,11,17H,5-10H2,(H,20,21). The number of benzene rings is 1. The maximum Gasteiger partial charge on any atom is 0.341 e. The minimum absolute atomic E-state index is 0.357. The Bertz CT molecular complexity index is 668. The van der Waals surface area contributed by atoms with Crippen molar-refractivity contribution >= 4 is 17.3 Å². The van der Waals surface area contributed by atoms with Gasteiger partial charge >= 0.3 is 5.97 Å². The lowest BCUT2D eigenvalue weighted by atomic mass is 9.99. The number of aromatic nitrogens is 2. The van der Waals surface area contributed by atoms with Crippen LogP contribution < -0.4 is 14.8 Å². The zero-order valence-electron chi connectivity index (χ0n) is 13.1. The maximum atomic E-state index is 10.5. The lowest BCUT2D eigenvalue weighted by molar-refractivity contribution is -0.139. The van der Waals surface area contributed by atoms with Gasteiger partial charge < -0.3 is 19.9 Å². The van der Waals surface area contributed by atoms with E-state index in [0.29, 0.717) is 24.0 Å². The molecule has 7 nitrogen and oxygen atoms in total. The summed E-state index contributed by atoms with van der Waals surface area (Å²) in [5.74, 6) is 0.671. The predicted molar refractivity (Wildman–Crippen MR) is 88.7 cm³/mol. The van der Waals surface area contributed by atoms with Crippen molar-refractivity contribution in [3.63, 3.8) is 0 Å². The molecule has 0 unspecified atom stereocenters. The minimum atomic E-state index is -1.00. The van der Waals surface area contributed by atoms with Crippen LogP contribution in [0.5, 0.6) is 11.5 Å². The maximum absolute atomic E-state index is 10.5. The SMILES string of the molecule is O=C(O)COc1ccc(OCc2nnc(C3CCNCC3)s2)cc1. The lowest BCUT2D eigenvalue weighted by Crippen LogP contribution is -2.26. The quantitative estimate of drug-likeness (QED) is 0.790. The zero-order valence-corrected chi connectivity index (χ0v) is 13.9. The summed E-state index contributed by atoms with van der Waals surface area (Å²) in [5.41, 5.74) is 0. The van der Waals surface area contributed by atoms with Gasteiger partial charge in [0.05, 0.1) is 0 Å². The van der Waals surface area contributed by atoms with Gasteiger partial charge in [0.25, 0.3) is 0 Å². The first-order valence-electron chi connectivity index (χ1n) is 7.81. The van der Waals surface area contributed by atoms with E-state index in [9.17, 15) is 4.79 Å². The van der Waals surface area contributed by atoms with Crippen molar-refractivity contribution < 1.29 is 19.4 Å². The molecule has 1 aliphatic heterocycles.